The zero-order chi connectivity index (χ0) is 27.8. The minimum absolute atomic E-state index is 0.0605. The van der Waals surface area contributed by atoms with E-state index in [1.54, 1.807) is 0 Å². The molecule has 1 unspecified atom stereocenters. The molecule has 1 atom stereocenters. The first kappa shape index (κ1) is 28.4. The Morgan fingerprint density at radius 2 is 1.62 bits per heavy atom. The van der Waals surface area contributed by atoms with Gasteiger partial charge < -0.3 is 10.1 Å². The van der Waals surface area contributed by atoms with Crippen molar-refractivity contribution in [1.29, 1.82) is 0 Å². The molecule has 2 N–H and O–H groups in total. The van der Waals surface area contributed by atoms with Crippen LogP contribution in [0.3, 0.4) is 0 Å². The number of alkyl halides is 6. The largest absolute Gasteiger partial charge is 0.466 e. The van der Waals surface area contributed by atoms with Gasteiger partial charge in [0.25, 0.3) is 0 Å². The molecule has 0 saturated carbocycles. The zero-order valence-electron chi connectivity index (χ0n) is 19.5. The Labute approximate surface area is 208 Å². The standard InChI is InChI=1S/C23H22F6N2O5S/c1-3-36-18(32)11-21(22(24,25)26,23(27,28)29)14-4-6-15(7-5-14)31-20(33)19-17-9-8-16(37(2,34)35)10-13(17)12-30-19/h4-10,19,30H,3,11-12H2,1-2H3,(H,31,33). The van der Waals surface area contributed by atoms with Crippen molar-refractivity contribution in [3.05, 3.63) is 59.2 Å². The van der Waals surface area contributed by atoms with E-state index in [-0.39, 0.29) is 17.1 Å². The van der Waals surface area contributed by atoms with E-state index < -0.39 is 64.1 Å². The molecule has 1 aliphatic rings. The molecule has 202 valence electrons. The summed E-state index contributed by atoms with van der Waals surface area (Å²) in [5.74, 6) is -2.33. The van der Waals surface area contributed by atoms with Gasteiger partial charge in [0, 0.05) is 18.5 Å². The lowest BCUT2D eigenvalue weighted by molar-refractivity contribution is -0.305. The number of nitrogens with one attached hydrogen (secondary N) is 2. The number of sulfone groups is 1. The second-order valence-corrected chi connectivity index (χ2v) is 10.4. The van der Waals surface area contributed by atoms with Crippen LogP contribution in [0.1, 0.15) is 36.1 Å². The van der Waals surface area contributed by atoms with Gasteiger partial charge in [0.05, 0.1) is 17.9 Å². The lowest BCUT2D eigenvalue weighted by atomic mass is 9.76. The molecular formula is C23H22F6N2O5S. The number of carbonyl (C=O) groups excluding carboxylic acids is 2. The summed E-state index contributed by atoms with van der Waals surface area (Å²) in [6, 6.07) is 6.09. The Bertz CT molecular complexity index is 1280. The van der Waals surface area contributed by atoms with Gasteiger partial charge in [-0.05, 0) is 47.9 Å². The molecule has 14 heteroatoms. The van der Waals surface area contributed by atoms with E-state index >= 15 is 0 Å². The van der Waals surface area contributed by atoms with E-state index in [9.17, 15) is 44.3 Å². The number of amides is 1. The van der Waals surface area contributed by atoms with Crippen molar-refractivity contribution >= 4 is 27.4 Å². The third-order valence-electron chi connectivity index (χ3n) is 5.94. The normalized spacial score (nSPS) is 16.3. The van der Waals surface area contributed by atoms with Gasteiger partial charge in [0.1, 0.15) is 6.04 Å². The summed E-state index contributed by atoms with van der Waals surface area (Å²) in [6.45, 7) is 1.02. The van der Waals surface area contributed by atoms with E-state index in [1.807, 2.05) is 0 Å². The highest BCUT2D eigenvalue weighted by molar-refractivity contribution is 7.90. The average Bonchev–Trinajstić information content (AvgIpc) is 3.19. The first-order valence-electron chi connectivity index (χ1n) is 10.8. The molecule has 1 amide bonds. The van der Waals surface area contributed by atoms with E-state index in [4.69, 9.17) is 0 Å². The predicted molar refractivity (Wildman–Crippen MR) is 119 cm³/mol. The lowest BCUT2D eigenvalue weighted by Crippen LogP contribution is -2.55. The summed E-state index contributed by atoms with van der Waals surface area (Å²) in [7, 11) is -3.48. The van der Waals surface area contributed by atoms with Gasteiger partial charge in [-0.1, -0.05) is 18.2 Å². The van der Waals surface area contributed by atoms with Crippen LogP contribution in [0.2, 0.25) is 0 Å². The topological polar surface area (TPSA) is 102 Å². The maximum atomic E-state index is 13.9. The van der Waals surface area contributed by atoms with Crippen molar-refractivity contribution in [3.63, 3.8) is 0 Å². The number of esters is 1. The molecule has 1 aliphatic heterocycles. The molecule has 0 spiro atoms. The van der Waals surface area contributed by atoms with Crippen LogP contribution in [-0.2, 0) is 36.1 Å². The second kappa shape index (κ2) is 9.97. The Kier molecular flexibility index (Phi) is 7.66. The first-order chi connectivity index (χ1) is 17.0. The first-order valence-corrected chi connectivity index (χ1v) is 12.7. The number of hydrogen-bond donors (Lipinski definition) is 2. The van der Waals surface area contributed by atoms with Crippen LogP contribution in [0, 0.1) is 0 Å². The number of rotatable bonds is 7. The highest BCUT2D eigenvalue weighted by atomic mass is 32.2. The van der Waals surface area contributed by atoms with E-state index in [1.165, 1.54) is 25.1 Å². The molecule has 0 radical (unpaired) electrons. The number of anilines is 1. The summed E-state index contributed by atoms with van der Waals surface area (Å²) < 4.78 is 111. The SMILES string of the molecule is CCOC(=O)CC(c1ccc(NC(=O)C2NCc3cc(S(C)(=O)=O)ccc32)cc1)(C(F)(F)F)C(F)(F)F. The lowest BCUT2D eigenvalue weighted by Gasteiger charge is -2.37. The third kappa shape index (κ3) is 5.59. The molecular weight excluding hydrogens is 530 g/mol. The van der Waals surface area contributed by atoms with Gasteiger partial charge in [-0.2, -0.15) is 26.3 Å². The summed E-state index contributed by atoms with van der Waals surface area (Å²) in [6.07, 6.45) is -12.7. The molecule has 2 aromatic carbocycles. The fourth-order valence-corrected chi connectivity index (χ4v) is 4.75. The van der Waals surface area contributed by atoms with Crippen LogP contribution in [0.25, 0.3) is 0 Å². The van der Waals surface area contributed by atoms with Gasteiger partial charge in [-0.3, -0.25) is 14.9 Å². The Balaban J connectivity index is 1.88. The van der Waals surface area contributed by atoms with Crippen LogP contribution >= 0.6 is 0 Å². The molecule has 37 heavy (non-hydrogen) atoms. The highest BCUT2D eigenvalue weighted by Crippen LogP contribution is 2.54. The van der Waals surface area contributed by atoms with Gasteiger partial charge in [-0.25, -0.2) is 8.42 Å². The van der Waals surface area contributed by atoms with Crippen molar-refractivity contribution in [2.24, 2.45) is 0 Å². The number of carbonyl (C=O) groups is 2. The number of hydrogen-bond acceptors (Lipinski definition) is 6. The number of ether oxygens (including phenoxy) is 1. The van der Waals surface area contributed by atoms with Crippen LogP contribution in [-0.4, -0.2) is 45.5 Å². The molecule has 0 bridgehead atoms. The summed E-state index contributed by atoms with van der Waals surface area (Å²) in [4.78, 5) is 24.6. The summed E-state index contributed by atoms with van der Waals surface area (Å²) >= 11 is 0. The van der Waals surface area contributed by atoms with E-state index in [2.05, 4.69) is 15.4 Å². The molecule has 0 aromatic heterocycles. The van der Waals surface area contributed by atoms with Crippen LogP contribution < -0.4 is 10.6 Å². The third-order valence-corrected chi connectivity index (χ3v) is 7.05. The van der Waals surface area contributed by atoms with Crippen molar-refractivity contribution in [2.75, 3.05) is 18.2 Å². The zero-order valence-corrected chi connectivity index (χ0v) is 20.3. The summed E-state index contributed by atoms with van der Waals surface area (Å²) in [5.41, 5.74) is -4.82. The Morgan fingerprint density at radius 1 is 1.03 bits per heavy atom. The molecule has 2 aromatic rings. The molecule has 0 saturated heterocycles. The smallest absolute Gasteiger partial charge is 0.407 e. The number of fused-ring (bicyclic) bond motifs is 1. The average molecular weight is 552 g/mol. The minimum atomic E-state index is -5.88. The van der Waals surface area contributed by atoms with Crippen molar-refractivity contribution in [1.82, 2.24) is 5.32 Å². The maximum absolute atomic E-state index is 13.9. The quantitative estimate of drug-likeness (QED) is 0.395. The Morgan fingerprint density at radius 3 is 2.14 bits per heavy atom. The number of halogens is 6. The van der Waals surface area contributed by atoms with Crippen LogP contribution in [0.4, 0.5) is 32.0 Å². The fraction of sp³-hybridized carbons (Fsp3) is 0.391. The van der Waals surface area contributed by atoms with Gasteiger partial charge in [0.2, 0.25) is 5.91 Å². The van der Waals surface area contributed by atoms with Gasteiger partial charge in [-0.15, -0.1) is 0 Å². The fourth-order valence-electron chi connectivity index (χ4n) is 4.07. The second-order valence-electron chi connectivity index (χ2n) is 8.40. The Hall–Kier alpha value is -3.13. The van der Waals surface area contributed by atoms with Gasteiger partial charge in [0.15, 0.2) is 15.3 Å². The van der Waals surface area contributed by atoms with Crippen molar-refractivity contribution < 1.29 is 49.1 Å². The van der Waals surface area contributed by atoms with Crippen LogP contribution in [0.15, 0.2) is 47.4 Å². The molecule has 7 nitrogen and oxygen atoms in total. The molecule has 3 rings (SSSR count). The monoisotopic (exact) mass is 552 g/mol. The molecule has 0 fully saturated rings. The molecule has 1 heterocycles. The summed E-state index contributed by atoms with van der Waals surface area (Å²) in [5, 5.41) is 5.29. The maximum Gasteiger partial charge on any atom is 0.407 e. The molecule has 0 aliphatic carbocycles. The van der Waals surface area contributed by atoms with Crippen LogP contribution in [0.5, 0.6) is 0 Å². The minimum Gasteiger partial charge on any atom is -0.466 e. The van der Waals surface area contributed by atoms with E-state index in [0.717, 1.165) is 18.4 Å². The highest BCUT2D eigenvalue weighted by Gasteiger charge is 2.72. The predicted octanol–water partition coefficient (Wildman–Crippen LogP) is 4.19. The van der Waals surface area contributed by atoms with E-state index in [0.29, 0.717) is 23.3 Å². The number of benzene rings is 2. The van der Waals surface area contributed by atoms with Gasteiger partial charge >= 0.3 is 18.3 Å². The van der Waals surface area contributed by atoms with Crippen molar-refractivity contribution in [2.45, 2.75) is 48.6 Å². The van der Waals surface area contributed by atoms with Crippen molar-refractivity contribution in [3.8, 4) is 0 Å².